The summed E-state index contributed by atoms with van der Waals surface area (Å²) in [6.07, 6.45) is 7.82. The first kappa shape index (κ1) is 17.5. The van der Waals surface area contributed by atoms with Gasteiger partial charge in [-0.05, 0) is 37.3 Å². The monoisotopic (exact) mass is 375 g/mol. The van der Waals surface area contributed by atoms with Crippen LogP contribution in [-0.2, 0) is 0 Å². The summed E-state index contributed by atoms with van der Waals surface area (Å²) in [5.74, 6) is 0.613. The fraction of sp³-hybridized carbons (Fsp3) is 0.190. The Morgan fingerprint density at radius 1 is 1.04 bits per heavy atom. The van der Waals surface area contributed by atoms with Gasteiger partial charge in [-0.2, -0.15) is 0 Å². The number of nitrogens with zero attached hydrogens (tertiary/aromatic N) is 4. The lowest BCUT2D eigenvalue weighted by atomic mass is 10.1. The third kappa shape index (κ3) is 3.40. The predicted molar refractivity (Wildman–Crippen MR) is 111 cm³/mol. The van der Waals surface area contributed by atoms with Crippen LogP contribution in [0, 0.1) is 6.92 Å². The number of rotatable bonds is 5. The highest BCUT2D eigenvalue weighted by molar-refractivity contribution is 7.98. The normalized spacial score (nSPS) is 12.3. The van der Waals surface area contributed by atoms with Gasteiger partial charge in [0.2, 0.25) is 5.95 Å². The summed E-state index contributed by atoms with van der Waals surface area (Å²) in [5.41, 5.74) is 5.14. The molecule has 0 bridgehead atoms. The molecule has 3 heterocycles. The van der Waals surface area contributed by atoms with Crippen molar-refractivity contribution in [2.45, 2.75) is 24.8 Å². The molecule has 0 unspecified atom stereocenters. The zero-order chi connectivity index (χ0) is 18.8. The highest BCUT2D eigenvalue weighted by Crippen LogP contribution is 2.30. The first-order valence-electron chi connectivity index (χ1n) is 8.83. The predicted octanol–water partition coefficient (Wildman–Crippen LogP) is 4.99. The van der Waals surface area contributed by atoms with E-state index in [2.05, 4.69) is 51.7 Å². The summed E-state index contributed by atoms with van der Waals surface area (Å²) >= 11 is 1.64. The van der Waals surface area contributed by atoms with E-state index in [-0.39, 0.29) is 6.04 Å². The number of thioether (sulfide) groups is 1. The van der Waals surface area contributed by atoms with Crippen molar-refractivity contribution < 1.29 is 0 Å². The van der Waals surface area contributed by atoms with Crippen LogP contribution in [0.4, 0.5) is 5.95 Å². The molecule has 136 valence electrons. The van der Waals surface area contributed by atoms with E-state index in [1.54, 1.807) is 11.8 Å². The van der Waals surface area contributed by atoms with Crippen LogP contribution in [0.2, 0.25) is 0 Å². The number of imidazole rings is 1. The van der Waals surface area contributed by atoms with Gasteiger partial charge in [-0.25, -0.2) is 15.0 Å². The smallest absolute Gasteiger partial charge is 0.223 e. The van der Waals surface area contributed by atoms with Gasteiger partial charge in [0, 0.05) is 12.4 Å². The van der Waals surface area contributed by atoms with Crippen LogP contribution in [0.3, 0.4) is 0 Å². The Morgan fingerprint density at radius 2 is 1.85 bits per heavy atom. The number of pyridine rings is 1. The molecule has 0 saturated heterocycles. The van der Waals surface area contributed by atoms with E-state index in [4.69, 9.17) is 4.98 Å². The number of anilines is 1. The molecule has 0 radical (unpaired) electrons. The lowest BCUT2D eigenvalue weighted by molar-refractivity contribution is 0.857. The van der Waals surface area contributed by atoms with Crippen LogP contribution in [0.5, 0.6) is 0 Å². The molecule has 1 N–H and O–H groups in total. The zero-order valence-electron chi connectivity index (χ0n) is 15.5. The Hall–Kier alpha value is -2.86. The van der Waals surface area contributed by atoms with Crippen molar-refractivity contribution in [3.63, 3.8) is 0 Å². The number of nitrogens with one attached hydrogen (secondary N) is 1. The van der Waals surface area contributed by atoms with Gasteiger partial charge in [-0.15, -0.1) is 11.8 Å². The molecule has 0 spiro atoms. The van der Waals surface area contributed by atoms with Crippen molar-refractivity contribution in [1.29, 1.82) is 0 Å². The SMILES string of the molecule is CSc1cnc(N[C@@H](C)c2ccccc2)nc1-c1cnc2c(C)cccn12. The molecule has 0 amide bonds. The maximum atomic E-state index is 4.83. The minimum atomic E-state index is 0.114. The van der Waals surface area contributed by atoms with Crippen molar-refractivity contribution in [1.82, 2.24) is 19.4 Å². The van der Waals surface area contributed by atoms with Gasteiger partial charge < -0.3 is 5.32 Å². The molecule has 6 heteroatoms. The second-order valence-electron chi connectivity index (χ2n) is 6.42. The molecular formula is C21H21N5S. The standard InChI is InChI=1S/C21H21N5S/c1-14-8-7-11-26-17(12-22-20(14)26)19-18(27-3)13-23-21(25-19)24-15(2)16-9-5-4-6-10-16/h4-13,15H,1-3H3,(H,23,24,25)/t15-/m0/s1. The van der Waals surface area contributed by atoms with Gasteiger partial charge in [0.25, 0.3) is 0 Å². The van der Waals surface area contributed by atoms with E-state index in [1.807, 2.05) is 49.1 Å². The first-order chi connectivity index (χ1) is 13.2. The number of fused-ring (bicyclic) bond motifs is 1. The molecule has 4 aromatic rings. The van der Waals surface area contributed by atoms with E-state index < -0.39 is 0 Å². The van der Waals surface area contributed by atoms with E-state index in [0.29, 0.717) is 5.95 Å². The summed E-state index contributed by atoms with van der Waals surface area (Å²) in [7, 11) is 0. The molecule has 1 atom stereocenters. The Bertz CT molecular complexity index is 1070. The Morgan fingerprint density at radius 3 is 2.63 bits per heavy atom. The minimum Gasteiger partial charge on any atom is -0.348 e. The lowest BCUT2D eigenvalue weighted by Crippen LogP contribution is -2.10. The van der Waals surface area contributed by atoms with Crippen LogP contribution in [0.1, 0.15) is 24.1 Å². The third-order valence-electron chi connectivity index (χ3n) is 4.59. The molecule has 0 aliphatic heterocycles. The van der Waals surface area contributed by atoms with E-state index >= 15 is 0 Å². The number of aryl methyl sites for hydroxylation is 1. The topological polar surface area (TPSA) is 55.1 Å². The summed E-state index contributed by atoms with van der Waals surface area (Å²) in [6, 6.07) is 14.5. The quantitative estimate of drug-likeness (QED) is 0.498. The largest absolute Gasteiger partial charge is 0.348 e. The Kier molecular flexibility index (Phi) is 4.81. The van der Waals surface area contributed by atoms with Crippen molar-refractivity contribution in [3.8, 4) is 11.4 Å². The molecule has 0 saturated carbocycles. The molecule has 27 heavy (non-hydrogen) atoms. The molecular weight excluding hydrogens is 354 g/mol. The second-order valence-corrected chi connectivity index (χ2v) is 7.26. The van der Waals surface area contributed by atoms with Crippen LogP contribution < -0.4 is 5.32 Å². The second kappa shape index (κ2) is 7.40. The first-order valence-corrected chi connectivity index (χ1v) is 10.1. The highest BCUT2D eigenvalue weighted by Gasteiger charge is 2.15. The molecule has 4 rings (SSSR count). The van der Waals surface area contributed by atoms with E-state index in [1.165, 1.54) is 5.56 Å². The summed E-state index contributed by atoms with van der Waals surface area (Å²) < 4.78 is 2.09. The van der Waals surface area contributed by atoms with Gasteiger partial charge in [0.1, 0.15) is 11.3 Å². The van der Waals surface area contributed by atoms with Gasteiger partial charge in [0.05, 0.1) is 22.8 Å². The molecule has 1 aromatic carbocycles. The van der Waals surface area contributed by atoms with Gasteiger partial charge >= 0.3 is 0 Å². The number of hydrogen-bond acceptors (Lipinski definition) is 5. The van der Waals surface area contributed by atoms with Crippen LogP contribution >= 0.6 is 11.8 Å². The van der Waals surface area contributed by atoms with Gasteiger partial charge in [-0.3, -0.25) is 4.40 Å². The molecule has 0 aliphatic rings. The maximum Gasteiger partial charge on any atom is 0.223 e. The average molecular weight is 376 g/mol. The fourth-order valence-corrected chi connectivity index (χ4v) is 3.62. The van der Waals surface area contributed by atoms with Crippen molar-refractivity contribution >= 4 is 23.4 Å². The van der Waals surface area contributed by atoms with E-state index in [9.17, 15) is 0 Å². The zero-order valence-corrected chi connectivity index (χ0v) is 16.4. The molecule has 0 fully saturated rings. The number of aromatic nitrogens is 4. The fourth-order valence-electron chi connectivity index (χ4n) is 3.12. The Balaban J connectivity index is 1.74. The van der Waals surface area contributed by atoms with Crippen molar-refractivity contribution in [2.24, 2.45) is 0 Å². The minimum absolute atomic E-state index is 0.114. The third-order valence-corrected chi connectivity index (χ3v) is 5.33. The van der Waals surface area contributed by atoms with E-state index in [0.717, 1.165) is 27.5 Å². The summed E-state index contributed by atoms with van der Waals surface area (Å²) in [4.78, 5) is 14.9. The number of hydrogen-bond donors (Lipinski definition) is 1. The van der Waals surface area contributed by atoms with Crippen LogP contribution in [0.25, 0.3) is 17.0 Å². The number of benzene rings is 1. The van der Waals surface area contributed by atoms with Gasteiger partial charge in [0.15, 0.2) is 0 Å². The summed E-state index contributed by atoms with van der Waals surface area (Å²) in [6.45, 7) is 4.18. The van der Waals surface area contributed by atoms with Gasteiger partial charge in [-0.1, -0.05) is 36.4 Å². The van der Waals surface area contributed by atoms with Crippen LogP contribution in [-0.4, -0.2) is 25.6 Å². The van der Waals surface area contributed by atoms with Crippen molar-refractivity contribution in [3.05, 3.63) is 72.2 Å². The maximum absolute atomic E-state index is 4.83. The van der Waals surface area contributed by atoms with Crippen LogP contribution in [0.15, 0.2) is 66.0 Å². The van der Waals surface area contributed by atoms with Crippen molar-refractivity contribution in [2.75, 3.05) is 11.6 Å². The molecule has 5 nitrogen and oxygen atoms in total. The molecule has 3 aromatic heterocycles. The highest BCUT2D eigenvalue weighted by atomic mass is 32.2. The summed E-state index contributed by atoms with van der Waals surface area (Å²) in [5, 5.41) is 3.41. The Labute approximate surface area is 162 Å². The lowest BCUT2D eigenvalue weighted by Gasteiger charge is -2.15. The average Bonchev–Trinajstić information content (AvgIpc) is 3.14. The molecule has 0 aliphatic carbocycles.